The summed E-state index contributed by atoms with van der Waals surface area (Å²) in [6.07, 6.45) is 2.62. The summed E-state index contributed by atoms with van der Waals surface area (Å²) in [7, 11) is -1.05. The molecule has 0 amide bonds. The van der Waals surface area contributed by atoms with Gasteiger partial charge >= 0.3 is 0 Å². The monoisotopic (exact) mass is 256 g/mol. The average molecular weight is 256 g/mol. The summed E-state index contributed by atoms with van der Waals surface area (Å²) in [4.78, 5) is 0. The number of benzene rings is 2. The Morgan fingerprint density at radius 3 is 2.72 bits per heavy atom. The Labute approximate surface area is 111 Å². The van der Waals surface area contributed by atoms with Crippen molar-refractivity contribution >= 4 is 19.8 Å². The standard InChI is InChI=1S/C16H20OSi/c1-13(18-12-5-4-11-17-18)15-10-6-8-14-7-2-3-9-16(14)15/h2-3,6-10,13,18H,4-5,11-12H2,1H3. The van der Waals surface area contributed by atoms with Crippen LogP contribution in [0.25, 0.3) is 10.8 Å². The van der Waals surface area contributed by atoms with Gasteiger partial charge in [0.25, 0.3) is 0 Å². The van der Waals surface area contributed by atoms with Crippen LogP contribution in [0, 0.1) is 0 Å². The fourth-order valence-electron chi connectivity index (χ4n) is 3.01. The van der Waals surface area contributed by atoms with E-state index in [2.05, 4.69) is 49.4 Å². The second-order valence-electron chi connectivity index (χ2n) is 5.26. The van der Waals surface area contributed by atoms with Crippen molar-refractivity contribution in [3.63, 3.8) is 0 Å². The Kier molecular flexibility index (Phi) is 3.48. The highest BCUT2D eigenvalue weighted by atomic mass is 28.3. The molecule has 18 heavy (non-hydrogen) atoms. The summed E-state index contributed by atoms with van der Waals surface area (Å²) >= 11 is 0. The summed E-state index contributed by atoms with van der Waals surface area (Å²) in [6, 6.07) is 16.7. The molecule has 0 aromatic heterocycles. The van der Waals surface area contributed by atoms with Crippen LogP contribution < -0.4 is 0 Å². The molecule has 2 aromatic carbocycles. The molecule has 0 saturated carbocycles. The summed E-state index contributed by atoms with van der Waals surface area (Å²) < 4.78 is 6.08. The SMILES string of the molecule is CC(c1cccc2ccccc12)[SiH]1CCCCO1. The number of fused-ring (bicyclic) bond motifs is 1. The first kappa shape index (κ1) is 11.9. The summed E-state index contributed by atoms with van der Waals surface area (Å²) in [5.74, 6) is 0. The molecular weight excluding hydrogens is 236 g/mol. The van der Waals surface area contributed by atoms with Crippen molar-refractivity contribution in [2.24, 2.45) is 0 Å². The van der Waals surface area contributed by atoms with E-state index in [1.165, 1.54) is 35.2 Å². The molecule has 1 heterocycles. The van der Waals surface area contributed by atoms with E-state index >= 15 is 0 Å². The van der Waals surface area contributed by atoms with E-state index < -0.39 is 9.04 Å². The van der Waals surface area contributed by atoms with Crippen molar-refractivity contribution in [1.29, 1.82) is 0 Å². The highest BCUT2D eigenvalue weighted by Crippen LogP contribution is 2.30. The predicted octanol–water partition coefficient (Wildman–Crippen LogP) is 4.02. The maximum atomic E-state index is 6.08. The van der Waals surface area contributed by atoms with E-state index in [0.29, 0.717) is 5.54 Å². The zero-order valence-corrected chi connectivity index (χ0v) is 12.1. The Hall–Kier alpha value is -1.12. The number of rotatable bonds is 2. The maximum Gasteiger partial charge on any atom is 0.184 e. The Bertz CT molecular complexity index is 526. The molecule has 1 aliphatic heterocycles. The minimum Gasteiger partial charge on any atom is -0.419 e. The molecular formula is C16H20OSi. The molecule has 0 N–H and O–H groups in total. The molecule has 2 unspecified atom stereocenters. The first-order valence-corrected chi connectivity index (χ1v) is 8.91. The van der Waals surface area contributed by atoms with Gasteiger partial charge in [0.2, 0.25) is 0 Å². The van der Waals surface area contributed by atoms with Crippen molar-refractivity contribution in [3.8, 4) is 0 Å². The molecule has 94 valence electrons. The molecule has 0 radical (unpaired) electrons. The highest BCUT2D eigenvalue weighted by molar-refractivity contribution is 6.54. The van der Waals surface area contributed by atoms with Crippen LogP contribution in [0.15, 0.2) is 42.5 Å². The fraction of sp³-hybridized carbons (Fsp3) is 0.375. The van der Waals surface area contributed by atoms with Crippen LogP contribution in [-0.4, -0.2) is 15.6 Å². The Balaban J connectivity index is 1.97. The Morgan fingerprint density at radius 1 is 1.06 bits per heavy atom. The average Bonchev–Trinajstić information content (AvgIpc) is 2.47. The lowest BCUT2D eigenvalue weighted by atomic mass is 10.0. The number of hydrogen-bond donors (Lipinski definition) is 0. The van der Waals surface area contributed by atoms with Gasteiger partial charge in [-0.05, 0) is 34.3 Å². The lowest BCUT2D eigenvalue weighted by Gasteiger charge is -2.27. The molecule has 3 rings (SSSR count). The van der Waals surface area contributed by atoms with E-state index in [0.717, 1.165) is 6.61 Å². The van der Waals surface area contributed by atoms with Gasteiger partial charge in [-0.3, -0.25) is 0 Å². The van der Waals surface area contributed by atoms with Crippen LogP contribution in [0.3, 0.4) is 0 Å². The summed E-state index contributed by atoms with van der Waals surface area (Å²) in [6.45, 7) is 3.36. The van der Waals surface area contributed by atoms with Gasteiger partial charge in [0.15, 0.2) is 9.04 Å². The lowest BCUT2D eigenvalue weighted by molar-refractivity contribution is 0.281. The molecule has 0 spiro atoms. The zero-order chi connectivity index (χ0) is 12.4. The van der Waals surface area contributed by atoms with Crippen molar-refractivity contribution < 1.29 is 4.43 Å². The van der Waals surface area contributed by atoms with Gasteiger partial charge in [-0.15, -0.1) is 0 Å². The van der Waals surface area contributed by atoms with Gasteiger partial charge in [0.1, 0.15) is 0 Å². The largest absolute Gasteiger partial charge is 0.419 e. The van der Waals surface area contributed by atoms with Crippen molar-refractivity contribution in [2.45, 2.75) is 31.4 Å². The Morgan fingerprint density at radius 2 is 1.89 bits per heavy atom. The second kappa shape index (κ2) is 5.25. The van der Waals surface area contributed by atoms with Crippen molar-refractivity contribution in [1.82, 2.24) is 0 Å². The summed E-state index contributed by atoms with van der Waals surface area (Å²) in [5.41, 5.74) is 2.11. The van der Waals surface area contributed by atoms with Gasteiger partial charge < -0.3 is 4.43 Å². The van der Waals surface area contributed by atoms with Crippen LogP contribution in [0.1, 0.15) is 30.9 Å². The van der Waals surface area contributed by atoms with Crippen LogP contribution >= 0.6 is 0 Å². The van der Waals surface area contributed by atoms with E-state index in [1.54, 1.807) is 0 Å². The van der Waals surface area contributed by atoms with E-state index in [9.17, 15) is 0 Å². The van der Waals surface area contributed by atoms with Gasteiger partial charge in [0.05, 0.1) is 0 Å². The third kappa shape index (κ3) is 2.23. The molecule has 2 aromatic rings. The topological polar surface area (TPSA) is 9.23 Å². The lowest BCUT2D eigenvalue weighted by Crippen LogP contribution is -2.29. The molecule has 0 aliphatic carbocycles. The van der Waals surface area contributed by atoms with Gasteiger partial charge in [-0.25, -0.2) is 0 Å². The van der Waals surface area contributed by atoms with Gasteiger partial charge in [-0.1, -0.05) is 55.8 Å². The minimum absolute atomic E-state index is 0.622. The molecule has 2 atom stereocenters. The predicted molar refractivity (Wildman–Crippen MR) is 79.5 cm³/mol. The van der Waals surface area contributed by atoms with Crippen LogP contribution in [0.5, 0.6) is 0 Å². The molecule has 1 aliphatic rings. The fourth-order valence-corrected chi connectivity index (χ4v) is 5.81. The second-order valence-corrected chi connectivity index (χ2v) is 8.25. The van der Waals surface area contributed by atoms with E-state index in [1.807, 2.05) is 0 Å². The minimum atomic E-state index is -1.05. The van der Waals surface area contributed by atoms with E-state index in [-0.39, 0.29) is 0 Å². The van der Waals surface area contributed by atoms with Crippen LogP contribution in [0.2, 0.25) is 6.04 Å². The maximum absolute atomic E-state index is 6.08. The first-order valence-electron chi connectivity index (χ1n) is 6.95. The summed E-state index contributed by atoms with van der Waals surface area (Å²) in [5, 5.41) is 2.76. The first-order chi connectivity index (χ1) is 8.86. The molecule has 1 saturated heterocycles. The normalized spacial score (nSPS) is 21.9. The van der Waals surface area contributed by atoms with Crippen molar-refractivity contribution in [3.05, 3.63) is 48.0 Å². The highest BCUT2D eigenvalue weighted by Gasteiger charge is 2.25. The molecule has 1 fully saturated rings. The zero-order valence-electron chi connectivity index (χ0n) is 10.9. The molecule has 1 nitrogen and oxygen atoms in total. The smallest absolute Gasteiger partial charge is 0.184 e. The third-order valence-electron chi connectivity index (χ3n) is 4.09. The van der Waals surface area contributed by atoms with Gasteiger partial charge in [-0.2, -0.15) is 0 Å². The van der Waals surface area contributed by atoms with Crippen LogP contribution in [-0.2, 0) is 4.43 Å². The molecule has 0 bridgehead atoms. The van der Waals surface area contributed by atoms with Crippen LogP contribution in [0.4, 0.5) is 0 Å². The third-order valence-corrected chi connectivity index (χ3v) is 7.20. The van der Waals surface area contributed by atoms with Gasteiger partial charge in [0, 0.05) is 6.61 Å². The quantitative estimate of drug-likeness (QED) is 0.738. The van der Waals surface area contributed by atoms with Crippen molar-refractivity contribution in [2.75, 3.05) is 6.61 Å². The molecule has 2 heteroatoms. The number of hydrogen-bond acceptors (Lipinski definition) is 1. The van der Waals surface area contributed by atoms with E-state index in [4.69, 9.17) is 4.43 Å².